The lowest BCUT2D eigenvalue weighted by atomic mass is 10.2. The molecule has 0 atom stereocenters. The van der Waals surface area contributed by atoms with Gasteiger partial charge in [-0.3, -0.25) is 9.67 Å². The topological polar surface area (TPSA) is 64.8 Å². The second kappa shape index (κ2) is 6.58. The van der Waals surface area contributed by atoms with Gasteiger partial charge in [0, 0.05) is 29.6 Å². The highest BCUT2D eigenvalue weighted by atomic mass is 35.7. The summed E-state index contributed by atoms with van der Waals surface area (Å²) in [5.74, 6) is 0. The van der Waals surface area contributed by atoms with Crippen LogP contribution in [-0.4, -0.2) is 23.2 Å². The predicted octanol–water partition coefficient (Wildman–Crippen LogP) is 2.57. The van der Waals surface area contributed by atoms with Gasteiger partial charge in [0.15, 0.2) is 0 Å². The second-order valence-corrected chi connectivity index (χ2v) is 7.20. The number of nitrogens with zero attached hydrogens (tertiary/aromatic N) is 3. The molecule has 0 aliphatic rings. The maximum absolute atomic E-state index is 11.8. The van der Waals surface area contributed by atoms with Crippen LogP contribution in [0.5, 0.6) is 0 Å². The molecule has 7 heteroatoms. The molecular weight excluding hydrogens is 310 g/mol. The molecule has 2 aromatic heterocycles. The van der Waals surface area contributed by atoms with Crippen LogP contribution in [0.2, 0.25) is 0 Å². The first-order chi connectivity index (χ1) is 9.97. The zero-order valence-electron chi connectivity index (χ0n) is 12.1. The van der Waals surface area contributed by atoms with Crippen molar-refractivity contribution in [3.8, 4) is 0 Å². The Bertz CT molecular complexity index is 711. The van der Waals surface area contributed by atoms with Gasteiger partial charge in [0.25, 0.3) is 9.05 Å². The number of pyridine rings is 1. The molecule has 0 aliphatic carbocycles. The fourth-order valence-electron chi connectivity index (χ4n) is 2.36. The molecule has 2 heterocycles. The number of halogens is 1. The fourth-order valence-corrected chi connectivity index (χ4v) is 3.89. The average Bonchev–Trinajstić information content (AvgIpc) is 2.84. The Balaban J connectivity index is 2.34. The van der Waals surface area contributed by atoms with Crippen LogP contribution in [0.4, 0.5) is 0 Å². The summed E-state index contributed by atoms with van der Waals surface area (Å²) in [5, 5.41) is 4.41. The van der Waals surface area contributed by atoms with E-state index in [0.717, 1.165) is 12.0 Å². The summed E-state index contributed by atoms with van der Waals surface area (Å²) < 4.78 is 25.3. The Labute approximate surface area is 129 Å². The third-order valence-corrected chi connectivity index (χ3v) is 4.75. The Morgan fingerprint density at radius 1 is 1.29 bits per heavy atom. The van der Waals surface area contributed by atoms with Gasteiger partial charge in [-0.1, -0.05) is 19.9 Å². The summed E-state index contributed by atoms with van der Waals surface area (Å²) in [6.07, 6.45) is 5.38. The van der Waals surface area contributed by atoms with E-state index in [2.05, 4.69) is 10.1 Å². The van der Waals surface area contributed by atoms with Crippen molar-refractivity contribution < 1.29 is 8.42 Å². The highest BCUT2D eigenvalue weighted by molar-refractivity contribution is 8.13. The first-order valence-corrected chi connectivity index (χ1v) is 9.20. The van der Waals surface area contributed by atoms with E-state index in [1.165, 1.54) is 0 Å². The van der Waals surface area contributed by atoms with E-state index < -0.39 is 9.05 Å². The molecule has 2 rings (SSSR count). The second-order valence-electron chi connectivity index (χ2n) is 4.70. The molecule has 0 bridgehead atoms. The molecule has 114 valence electrons. The lowest BCUT2D eigenvalue weighted by molar-refractivity contribution is 0.577. The number of rotatable bonds is 6. The van der Waals surface area contributed by atoms with Crippen molar-refractivity contribution >= 4 is 19.7 Å². The third-order valence-electron chi connectivity index (χ3n) is 3.33. The van der Waals surface area contributed by atoms with Gasteiger partial charge >= 0.3 is 0 Å². The summed E-state index contributed by atoms with van der Waals surface area (Å²) in [7, 11) is 1.79. The SMILES string of the molecule is CCc1nn(CCc2cccnc2)c(CC)c1S(=O)(=O)Cl. The Hall–Kier alpha value is -1.40. The molecule has 5 nitrogen and oxygen atoms in total. The maximum atomic E-state index is 11.8. The molecule has 0 spiro atoms. The number of aromatic nitrogens is 3. The molecule has 0 saturated heterocycles. The Morgan fingerprint density at radius 3 is 2.57 bits per heavy atom. The van der Waals surface area contributed by atoms with Crippen LogP contribution in [0, 0.1) is 0 Å². The number of hydrogen-bond donors (Lipinski definition) is 0. The van der Waals surface area contributed by atoms with E-state index in [9.17, 15) is 8.42 Å². The van der Waals surface area contributed by atoms with Gasteiger partial charge in [0.1, 0.15) is 4.90 Å². The average molecular weight is 328 g/mol. The van der Waals surface area contributed by atoms with Crippen LogP contribution in [0.3, 0.4) is 0 Å². The zero-order chi connectivity index (χ0) is 15.5. The monoisotopic (exact) mass is 327 g/mol. The zero-order valence-corrected chi connectivity index (χ0v) is 13.7. The van der Waals surface area contributed by atoms with Crippen molar-refractivity contribution in [3.63, 3.8) is 0 Å². The first kappa shape index (κ1) is 16.0. The number of aryl methyl sites for hydroxylation is 3. The van der Waals surface area contributed by atoms with Gasteiger partial charge in [0.05, 0.1) is 11.4 Å². The molecular formula is C14H18ClN3O2S. The number of hydrogen-bond acceptors (Lipinski definition) is 4. The molecule has 21 heavy (non-hydrogen) atoms. The molecule has 0 unspecified atom stereocenters. The molecule has 0 fully saturated rings. The van der Waals surface area contributed by atoms with Gasteiger partial charge in [-0.2, -0.15) is 5.10 Å². The van der Waals surface area contributed by atoms with Crippen molar-refractivity contribution in [2.75, 3.05) is 0 Å². The lowest BCUT2D eigenvalue weighted by Gasteiger charge is -2.06. The first-order valence-electron chi connectivity index (χ1n) is 6.89. The molecule has 0 radical (unpaired) electrons. The summed E-state index contributed by atoms with van der Waals surface area (Å²) >= 11 is 0. The van der Waals surface area contributed by atoms with Gasteiger partial charge in [0.2, 0.25) is 0 Å². The summed E-state index contributed by atoms with van der Waals surface area (Å²) in [4.78, 5) is 4.25. The highest BCUT2D eigenvalue weighted by Gasteiger charge is 2.25. The minimum Gasteiger partial charge on any atom is -0.268 e. The van der Waals surface area contributed by atoms with Gasteiger partial charge in [-0.05, 0) is 30.9 Å². The Kier molecular flexibility index (Phi) is 5.00. The van der Waals surface area contributed by atoms with E-state index >= 15 is 0 Å². The van der Waals surface area contributed by atoms with Crippen LogP contribution in [-0.2, 0) is 34.9 Å². The molecule has 0 amide bonds. The molecule has 0 N–H and O–H groups in total. The van der Waals surface area contributed by atoms with E-state index in [1.807, 2.05) is 26.0 Å². The van der Waals surface area contributed by atoms with Crippen LogP contribution in [0.1, 0.15) is 30.8 Å². The van der Waals surface area contributed by atoms with Gasteiger partial charge in [-0.15, -0.1) is 0 Å². The summed E-state index contributed by atoms with van der Waals surface area (Å²) in [6.45, 7) is 4.38. The maximum Gasteiger partial charge on any atom is 0.264 e. The van der Waals surface area contributed by atoms with Crippen molar-refractivity contribution in [1.29, 1.82) is 0 Å². The third kappa shape index (κ3) is 3.63. The van der Waals surface area contributed by atoms with E-state index in [4.69, 9.17) is 10.7 Å². The predicted molar refractivity (Wildman–Crippen MR) is 82.0 cm³/mol. The van der Waals surface area contributed by atoms with E-state index in [-0.39, 0.29) is 4.90 Å². The lowest BCUT2D eigenvalue weighted by Crippen LogP contribution is -2.08. The van der Waals surface area contributed by atoms with Crippen molar-refractivity contribution in [2.24, 2.45) is 0 Å². The molecule has 0 aromatic carbocycles. The minimum absolute atomic E-state index is 0.181. The minimum atomic E-state index is -3.77. The molecule has 0 aliphatic heterocycles. The van der Waals surface area contributed by atoms with E-state index in [1.54, 1.807) is 17.1 Å². The van der Waals surface area contributed by atoms with Gasteiger partial charge in [-0.25, -0.2) is 8.42 Å². The normalized spacial score (nSPS) is 11.8. The van der Waals surface area contributed by atoms with E-state index in [0.29, 0.717) is 30.8 Å². The van der Waals surface area contributed by atoms with Crippen LogP contribution in [0.25, 0.3) is 0 Å². The largest absolute Gasteiger partial charge is 0.268 e. The van der Waals surface area contributed by atoms with Crippen molar-refractivity contribution in [3.05, 3.63) is 41.5 Å². The van der Waals surface area contributed by atoms with Gasteiger partial charge < -0.3 is 0 Å². The fraction of sp³-hybridized carbons (Fsp3) is 0.429. The smallest absolute Gasteiger partial charge is 0.264 e. The van der Waals surface area contributed by atoms with Crippen molar-refractivity contribution in [2.45, 2.75) is 44.6 Å². The van der Waals surface area contributed by atoms with Crippen LogP contribution >= 0.6 is 10.7 Å². The highest BCUT2D eigenvalue weighted by Crippen LogP contribution is 2.25. The summed E-state index contributed by atoms with van der Waals surface area (Å²) in [5.41, 5.74) is 2.29. The molecule has 0 saturated carbocycles. The van der Waals surface area contributed by atoms with Crippen LogP contribution < -0.4 is 0 Å². The quantitative estimate of drug-likeness (QED) is 0.765. The standard InChI is InChI=1S/C14H18ClN3O2S/c1-3-12-14(21(15,19)20)13(4-2)18(17-12)9-7-11-6-5-8-16-10-11/h5-6,8,10H,3-4,7,9H2,1-2H3. The molecule has 2 aromatic rings. The van der Waals surface area contributed by atoms with Crippen molar-refractivity contribution in [1.82, 2.24) is 14.8 Å². The Morgan fingerprint density at radius 2 is 2.05 bits per heavy atom. The van der Waals surface area contributed by atoms with Crippen LogP contribution in [0.15, 0.2) is 29.4 Å². The summed E-state index contributed by atoms with van der Waals surface area (Å²) in [6, 6.07) is 3.87.